The number of carbonyl (C=O) groups is 1. The average molecular weight is 553 g/mol. The molecule has 0 fully saturated rings. The van der Waals surface area contributed by atoms with Gasteiger partial charge in [-0.05, 0) is 79.1 Å². The van der Waals surface area contributed by atoms with E-state index in [0.29, 0.717) is 23.5 Å². The summed E-state index contributed by atoms with van der Waals surface area (Å²) in [5, 5.41) is 17.9. The van der Waals surface area contributed by atoms with Crippen molar-refractivity contribution in [1.29, 1.82) is 5.26 Å². The Bertz CT molecular complexity index is 1350. The van der Waals surface area contributed by atoms with Crippen molar-refractivity contribution in [3.63, 3.8) is 0 Å². The van der Waals surface area contributed by atoms with E-state index < -0.39 is 17.6 Å². The predicted octanol–water partition coefficient (Wildman–Crippen LogP) is 8.83. The van der Waals surface area contributed by atoms with Crippen molar-refractivity contribution in [2.75, 3.05) is 18.0 Å². The highest BCUT2D eigenvalue weighted by molar-refractivity contribution is 7.14. The first-order chi connectivity index (χ1) is 18.3. The molecule has 4 nitrogen and oxygen atoms in total. The number of rotatable bonds is 13. The number of unbranched alkanes of at least 4 members (excludes halogenated alkanes) is 2. The van der Waals surface area contributed by atoms with Crippen LogP contribution in [0.4, 0.5) is 14.5 Å². The molecule has 38 heavy (non-hydrogen) atoms. The molecule has 8 heteroatoms. The number of halogens is 2. The van der Waals surface area contributed by atoms with Gasteiger partial charge >= 0.3 is 5.97 Å². The first kappa shape index (κ1) is 29.0. The molecule has 0 atom stereocenters. The number of nitriles is 1. The highest BCUT2D eigenvalue weighted by atomic mass is 32.1. The second-order valence-corrected chi connectivity index (χ2v) is 10.9. The summed E-state index contributed by atoms with van der Waals surface area (Å²) in [4.78, 5) is 16.4. The van der Waals surface area contributed by atoms with Gasteiger partial charge in [-0.2, -0.15) is 5.26 Å². The van der Waals surface area contributed by atoms with Crippen molar-refractivity contribution in [3.8, 4) is 6.07 Å². The Morgan fingerprint density at radius 2 is 1.37 bits per heavy atom. The van der Waals surface area contributed by atoms with Crippen LogP contribution in [0.3, 0.4) is 0 Å². The molecule has 1 N–H and O–H groups in total. The van der Waals surface area contributed by atoms with Gasteiger partial charge in [-0.15, -0.1) is 22.7 Å². The molecule has 0 unspecified atom stereocenters. The minimum Gasteiger partial charge on any atom is -0.477 e. The molecule has 0 amide bonds. The van der Waals surface area contributed by atoms with Gasteiger partial charge in [-0.25, -0.2) is 13.6 Å². The van der Waals surface area contributed by atoms with Crippen molar-refractivity contribution in [2.24, 2.45) is 0 Å². The summed E-state index contributed by atoms with van der Waals surface area (Å²) < 4.78 is 29.9. The van der Waals surface area contributed by atoms with Crippen LogP contribution < -0.4 is 4.90 Å². The normalized spacial score (nSPS) is 11.9. The maximum atomic E-state index is 15.0. The van der Waals surface area contributed by atoms with Crippen LogP contribution in [0.5, 0.6) is 0 Å². The number of nitrogens with zero attached hydrogens (tertiary/aromatic N) is 2. The summed E-state index contributed by atoms with van der Waals surface area (Å²) in [6.45, 7) is 5.41. The van der Waals surface area contributed by atoms with Gasteiger partial charge in [0.2, 0.25) is 0 Å². The van der Waals surface area contributed by atoms with Gasteiger partial charge < -0.3 is 10.0 Å². The Balaban J connectivity index is 1.70. The lowest BCUT2D eigenvalue weighted by Crippen LogP contribution is -2.27. The maximum Gasteiger partial charge on any atom is 0.346 e. The summed E-state index contributed by atoms with van der Waals surface area (Å²) in [6.07, 6.45) is 12.5. The molecule has 0 saturated carbocycles. The Morgan fingerprint density at radius 1 is 0.895 bits per heavy atom. The van der Waals surface area contributed by atoms with Crippen LogP contribution in [0.25, 0.3) is 30.4 Å². The fourth-order valence-corrected chi connectivity index (χ4v) is 5.40. The van der Waals surface area contributed by atoms with E-state index in [1.165, 1.54) is 40.9 Å². The molecule has 0 aliphatic carbocycles. The molecule has 0 bridgehead atoms. The highest BCUT2D eigenvalue weighted by Crippen LogP contribution is 2.28. The second-order valence-electron chi connectivity index (χ2n) is 8.65. The molecule has 0 aliphatic heterocycles. The number of benzene rings is 1. The van der Waals surface area contributed by atoms with E-state index in [1.54, 1.807) is 18.2 Å². The topological polar surface area (TPSA) is 64.3 Å². The third-order valence-corrected chi connectivity index (χ3v) is 7.72. The Morgan fingerprint density at radius 3 is 1.84 bits per heavy atom. The number of hydrogen-bond donors (Lipinski definition) is 1. The number of anilines is 1. The van der Waals surface area contributed by atoms with Crippen molar-refractivity contribution in [2.45, 2.75) is 39.5 Å². The monoisotopic (exact) mass is 552 g/mol. The van der Waals surface area contributed by atoms with Crippen LogP contribution >= 0.6 is 22.7 Å². The summed E-state index contributed by atoms with van der Waals surface area (Å²) in [5.41, 5.74) is 0.223. The average Bonchev–Trinajstić information content (AvgIpc) is 3.54. The fraction of sp³-hybridized carbons (Fsp3) is 0.267. The standard InChI is InChI=1S/C30H30F2N2O2S2/c1-3-5-15-34(16-6-4-2)29-27(31)17-21(18-28(29)32)7-8-23-9-10-24(37-23)11-12-25-13-14-26(38-25)19-22(20-33)30(35)36/h7-14,17-19H,3-6,15-16H2,1-2H3,(H,35,36). The maximum absolute atomic E-state index is 15.0. The van der Waals surface area contributed by atoms with E-state index >= 15 is 0 Å². The van der Waals surface area contributed by atoms with Crippen LogP contribution in [-0.2, 0) is 4.79 Å². The molecule has 198 valence electrons. The molecule has 3 rings (SSSR count). The molecule has 2 aromatic heterocycles. The minimum absolute atomic E-state index is 0.0617. The summed E-state index contributed by atoms with van der Waals surface area (Å²) in [5.74, 6) is -2.33. The van der Waals surface area contributed by atoms with Gasteiger partial charge in [0, 0.05) is 32.6 Å². The van der Waals surface area contributed by atoms with Crippen LogP contribution in [-0.4, -0.2) is 24.2 Å². The van der Waals surface area contributed by atoms with Gasteiger partial charge in [0.05, 0.1) is 0 Å². The molecule has 0 spiro atoms. The number of carboxylic acid groups (broad SMARTS) is 1. The van der Waals surface area contributed by atoms with Crippen LogP contribution in [0, 0.1) is 23.0 Å². The van der Waals surface area contributed by atoms with E-state index in [1.807, 2.05) is 41.3 Å². The van der Waals surface area contributed by atoms with Crippen molar-refractivity contribution in [3.05, 3.63) is 78.7 Å². The zero-order valence-electron chi connectivity index (χ0n) is 21.4. The van der Waals surface area contributed by atoms with Crippen molar-refractivity contribution < 1.29 is 18.7 Å². The third kappa shape index (κ3) is 8.23. The number of aliphatic carboxylic acids is 1. The van der Waals surface area contributed by atoms with Crippen LogP contribution in [0.1, 0.15) is 64.6 Å². The van der Waals surface area contributed by atoms with Gasteiger partial charge in [-0.1, -0.05) is 32.8 Å². The second kappa shape index (κ2) is 14.4. The Hall–Kier alpha value is -3.54. The van der Waals surface area contributed by atoms with E-state index in [9.17, 15) is 13.6 Å². The highest BCUT2D eigenvalue weighted by Gasteiger charge is 2.17. The van der Waals surface area contributed by atoms with E-state index in [4.69, 9.17) is 10.4 Å². The molecular formula is C30H30F2N2O2S2. The summed E-state index contributed by atoms with van der Waals surface area (Å²) in [6, 6.07) is 12.0. The van der Waals surface area contributed by atoms with Gasteiger partial charge in [0.25, 0.3) is 0 Å². The van der Waals surface area contributed by atoms with Gasteiger partial charge in [0.15, 0.2) is 0 Å². The zero-order chi connectivity index (χ0) is 27.5. The lowest BCUT2D eigenvalue weighted by Gasteiger charge is -2.25. The minimum atomic E-state index is -1.25. The van der Waals surface area contributed by atoms with Gasteiger partial charge in [0.1, 0.15) is 29.0 Å². The van der Waals surface area contributed by atoms with E-state index in [2.05, 4.69) is 13.8 Å². The predicted molar refractivity (Wildman–Crippen MR) is 156 cm³/mol. The number of hydrogen-bond acceptors (Lipinski definition) is 5. The molecular weight excluding hydrogens is 522 g/mol. The molecule has 2 heterocycles. The first-order valence-electron chi connectivity index (χ1n) is 12.5. The van der Waals surface area contributed by atoms with Gasteiger partial charge in [-0.3, -0.25) is 0 Å². The Labute approximate surface area is 230 Å². The molecule has 3 aromatic rings. The third-order valence-electron chi connectivity index (χ3n) is 5.70. The Kier molecular flexibility index (Phi) is 11.0. The number of thiophene rings is 2. The van der Waals surface area contributed by atoms with Crippen LogP contribution in [0.2, 0.25) is 0 Å². The quantitative estimate of drug-likeness (QED) is 0.170. The van der Waals surface area contributed by atoms with E-state index in [-0.39, 0.29) is 11.3 Å². The zero-order valence-corrected chi connectivity index (χ0v) is 23.0. The summed E-state index contributed by atoms with van der Waals surface area (Å²) >= 11 is 2.91. The van der Waals surface area contributed by atoms with Crippen LogP contribution in [0.15, 0.2) is 42.0 Å². The molecule has 0 aliphatic rings. The van der Waals surface area contributed by atoms with Crippen molar-refractivity contribution >= 4 is 64.7 Å². The number of carboxylic acids is 1. The van der Waals surface area contributed by atoms with Crippen molar-refractivity contribution in [1.82, 2.24) is 0 Å². The SMILES string of the molecule is CCCCN(CCCC)c1c(F)cc(C=Cc2ccc(C=Cc3ccc(C=C(C#N)C(=O)O)s3)s2)cc1F. The molecule has 0 saturated heterocycles. The smallest absolute Gasteiger partial charge is 0.346 e. The first-order valence-corrected chi connectivity index (χ1v) is 14.1. The molecule has 1 aromatic carbocycles. The molecule has 0 radical (unpaired) electrons. The largest absolute Gasteiger partial charge is 0.477 e. The van der Waals surface area contributed by atoms with E-state index in [0.717, 1.165) is 40.3 Å². The lowest BCUT2D eigenvalue weighted by molar-refractivity contribution is -0.132. The summed E-state index contributed by atoms with van der Waals surface area (Å²) in [7, 11) is 0. The fourth-order valence-electron chi connectivity index (χ4n) is 3.73. The lowest BCUT2D eigenvalue weighted by atomic mass is 10.1.